The highest BCUT2D eigenvalue weighted by Gasteiger charge is 2.07. The molecular weight excluding hydrogens is 270 g/mol. The number of aliphatic hydroxyl groups is 1. The Labute approximate surface area is 123 Å². The highest BCUT2D eigenvalue weighted by molar-refractivity contribution is 7.10. The third-order valence-electron chi connectivity index (χ3n) is 2.95. The van der Waals surface area contributed by atoms with Crippen LogP contribution in [0.15, 0.2) is 23.8 Å². The molecule has 20 heavy (non-hydrogen) atoms. The lowest BCUT2D eigenvalue weighted by Gasteiger charge is -2.15. The van der Waals surface area contributed by atoms with Crippen molar-refractivity contribution in [3.8, 4) is 11.8 Å². The Bertz CT molecular complexity index is 606. The van der Waals surface area contributed by atoms with Gasteiger partial charge in [0.25, 0.3) is 0 Å². The molecule has 106 valence electrons. The van der Waals surface area contributed by atoms with E-state index in [-0.39, 0.29) is 6.61 Å². The van der Waals surface area contributed by atoms with Gasteiger partial charge < -0.3 is 9.67 Å². The Hall–Kier alpha value is -1.61. The molecule has 0 fully saturated rings. The molecule has 0 saturated carbocycles. The molecule has 2 aromatic heterocycles. The highest BCUT2D eigenvalue weighted by Crippen LogP contribution is 2.16. The monoisotopic (exact) mass is 289 g/mol. The predicted octanol–water partition coefficient (Wildman–Crippen LogP) is 1.94. The van der Waals surface area contributed by atoms with E-state index in [1.807, 2.05) is 17.8 Å². The van der Waals surface area contributed by atoms with Crippen molar-refractivity contribution in [3.63, 3.8) is 0 Å². The topological polar surface area (TPSA) is 41.3 Å². The molecule has 0 unspecified atom stereocenters. The first-order chi connectivity index (χ1) is 9.72. The fourth-order valence-corrected chi connectivity index (χ4v) is 2.91. The minimum absolute atomic E-state index is 0.0925. The predicted molar refractivity (Wildman–Crippen MR) is 81.4 cm³/mol. The molecule has 0 amide bonds. The van der Waals surface area contributed by atoms with Gasteiger partial charge >= 0.3 is 0 Å². The second kappa shape index (κ2) is 7.25. The van der Waals surface area contributed by atoms with Gasteiger partial charge in [0.2, 0.25) is 0 Å². The molecule has 0 atom stereocenters. The molecule has 1 N–H and O–H groups in total. The smallest absolute Gasteiger partial charge is 0.122 e. The average molecular weight is 289 g/mol. The zero-order valence-electron chi connectivity index (χ0n) is 11.8. The second-order valence-corrected chi connectivity index (χ2v) is 5.56. The van der Waals surface area contributed by atoms with Crippen LogP contribution in [0.1, 0.15) is 23.2 Å². The maximum Gasteiger partial charge on any atom is 0.122 e. The zero-order valence-corrected chi connectivity index (χ0v) is 12.7. The van der Waals surface area contributed by atoms with E-state index in [2.05, 4.69) is 46.3 Å². The SMILES string of the molecule is CCn1ccnc1CN(C)Cc1cc(C#CCO)cs1. The Morgan fingerprint density at radius 3 is 3.05 bits per heavy atom. The standard InChI is InChI=1S/C15H19N3OS/c1-3-18-7-6-16-15(18)11-17(2)10-14-9-13(12-20-14)5-4-8-19/h6-7,9,12,19H,3,8,10-11H2,1-2H3. The number of imidazole rings is 1. The number of aromatic nitrogens is 2. The van der Waals surface area contributed by atoms with Gasteiger partial charge in [0.1, 0.15) is 12.4 Å². The summed E-state index contributed by atoms with van der Waals surface area (Å²) in [5, 5.41) is 10.7. The number of nitrogens with zero attached hydrogens (tertiary/aromatic N) is 3. The first-order valence-electron chi connectivity index (χ1n) is 6.58. The molecule has 4 nitrogen and oxygen atoms in total. The number of aryl methyl sites for hydroxylation is 1. The first-order valence-corrected chi connectivity index (χ1v) is 7.46. The summed E-state index contributed by atoms with van der Waals surface area (Å²) >= 11 is 1.70. The van der Waals surface area contributed by atoms with Crippen molar-refractivity contribution in [2.75, 3.05) is 13.7 Å². The fourth-order valence-electron chi connectivity index (χ4n) is 2.01. The van der Waals surface area contributed by atoms with Crippen molar-refractivity contribution in [2.45, 2.75) is 26.6 Å². The summed E-state index contributed by atoms with van der Waals surface area (Å²) in [7, 11) is 2.09. The van der Waals surface area contributed by atoms with Crippen molar-refractivity contribution in [2.24, 2.45) is 0 Å². The van der Waals surface area contributed by atoms with E-state index in [1.54, 1.807) is 11.3 Å². The maximum atomic E-state index is 8.69. The van der Waals surface area contributed by atoms with Crippen molar-refractivity contribution >= 4 is 11.3 Å². The van der Waals surface area contributed by atoms with E-state index in [4.69, 9.17) is 5.11 Å². The molecule has 0 radical (unpaired) electrons. The van der Waals surface area contributed by atoms with Crippen LogP contribution in [0.25, 0.3) is 0 Å². The van der Waals surface area contributed by atoms with Gasteiger partial charge in [-0.1, -0.05) is 11.8 Å². The Morgan fingerprint density at radius 1 is 1.45 bits per heavy atom. The van der Waals surface area contributed by atoms with Gasteiger partial charge in [0.05, 0.1) is 6.54 Å². The molecule has 5 heteroatoms. The van der Waals surface area contributed by atoms with Crippen LogP contribution in [0, 0.1) is 11.8 Å². The van der Waals surface area contributed by atoms with Gasteiger partial charge in [0, 0.05) is 41.3 Å². The molecule has 0 saturated heterocycles. The van der Waals surface area contributed by atoms with E-state index in [0.717, 1.165) is 31.0 Å². The molecule has 2 rings (SSSR count). The number of hydrogen-bond acceptors (Lipinski definition) is 4. The van der Waals surface area contributed by atoms with E-state index < -0.39 is 0 Å². The molecule has 0 spiro atoms. The summed E-state index contributed by atoms with van der Waals surface area (Å²) in [6.07, 6.45) is 3.86. The van der Waals surface area contributed by atoms with Crippen molar-refractivity contribution in [3.05, 3.63) is 40.1 Å². The summed E-state index contributed by atoms with van der Waals surface area (Å²) in [6, 6.07) is 2.08. The molecule has 0 bridgehead atoms. The Kier molecular flexibility index (Phi) is 5.36. The van der Waals surface area contributed by atoms with E-state index >= 15 is 0 Å². The molecule has 0 aliphatic rings. The summed E-state index contributed by atoms with van der Waals surface area (Å²) < 4.78 is 2.16. The number of aliphatic hydroxyl groups excluding tert-OH is 1. The lowest BCUT2D eigenvalue weighted by atomic mass is 10.3. The minimum atomic E-state index is -0.0925. The maximum absolute atomic E-state index is 8.69. The number of hydrogen-bond donors (Lipinski definition) is 1. The summed E-state index contributed by atoms with van der Waals surface area (Å²) in [5.74, 6) is 6.68. The van der Waals surface area contributed by atoms with Crippen LogP contribution in [0.5, 0.6) is 0 Å². The number of thiophene rings is 1. The van der Waals surface area contributed by atoms with E-state index in [9.17, 15) is 0 Å². The Balaban J connectivity index is 1.94. The highest BCUT2D eigenvalue weighted by atomic mass is 32.1. The van der Waals surface area contributed by atoms with Gasteiger partial charge in [0.15, 0.2) is 0 Å². The second-order valence-electron chi connectivity index (χ2n) is 4.56. The molecule has 2 aromatic rings. The normalized spacial score (nSPS) is 10.6. The van der Waals surface area contributed by atoms with Crippen LogP contribution in [-0.2, 0) is 19.6 Å². The van der Waals surface area contributed by atoms with Crippen molar-refractivity contribution < 1.29 is 5.11 Å². The van der Waals surface area contributed by atoms with Gasteiger partial charge in [-0.05, 0) is 20.0 Å². The van der Waals surface area contributed by atoms with Crippen molar-refractivity contribution in [1.29, 1.82) is 0 Å². The minimum Gasteiger partial charge on any atom is -0.384 e. The summed E-state index contributed by atoms with van der Waals surface area (Å²) in [5.41, 5.74) is 0.975. The van der Waals surface area contributed by atoms with Gasteiger partial charge in [-0.15, -0.1) is 11.3 Å². The molecule has 0 aliphatic heterocycles. The number of rotatable bonds is 5. The average Bonchev–Trinajstić information content (AvgIpc) is 3.05. The van der Waals surface area contributed by atoms with Gasteiger partial charge in [-0.2, -0.15) is 0 Å². The van der Waals surface area contributed by atoms with Crippen LogP contribution in [0.2, 0.25) is 0 Å². The third-order valence-corrected chi connectivity index (χ3v) is 3.87. The van der Waals surface area contributed by atoms with Crippen LogP contribution in [-0.4, -0.2) is 33.2 Å². The molecule has 2 heterocycles. The van der Waals surface area contributed by atoms with Gasteiger partial charge in [-0.3, -0.25) is 4.90 Å². The Morgan fingerprint density at radius 2 is 2.30 bits per heavy atom. The fraction of sp³-hybridized carbons (Fsp3) is 0.400. The quantitative estimate of drug-likeness (QED) is 0.855. The van der Waals surface area contributed by atoms with Gasteiger partial charge in [-0.25, -0.2) is 4.98 Å². The van der Waals surface area contributed by atoms with E-state index in [1.165, 1.54) is 4.88 Å². The zero-order chi connectivity index (χ0) is 14.4. The van der Waals surface area contributed by atoms with Crippen LogP contribution < -0.4 is 0 Å². The van der Waals surface area contributed by atoms with Crippen LogP contribution in [0.4, 0.5) is 0 Å². The summed E-state index contributed by atoms with van der Waals surface area (Å²) in [4.78, 5) is 7.90. The molecule has 0 aromatic carbocycles. The van der Waals surface area contributed by atoms with Crippen LogP contribution in [0.3, 0.4) is 0 Å². The summed E-state index contributed by atoms with van der Waals surface area (Å²) in [6.45, 7) is 4.68. The van der Waals surface area contributed by atoms with E-state index in [0.29, 0.717) is 0 Å². The largest absolute Gasteiger partial charge is 0.384 e. The van der Waals surface area contributed by atoms with Crippen molar-refractivity contribution in [1.82, 2.24) is 14.5 Å². The third kappa shape index (κ3) is 3.94. The lowest BCUT2D eigenvalue weighted by molar-refractivity contribution is 0.308. The molecule has 0 aliphatic carbocycles. The lowest BCUT2D eigenvalue weighted by Crippen LogP contribution is -2.19. The van der Waals surface area contributed by atoms with Crippen LogP contribution >= 0.6 is 11.3 Å². The molecular formula is C15H19N3OS. The first kappa shape index (κ1) is 14.8.